The number of carbonyl (C=O) groups excluding carboxylic acids is 1. The molecule has 4 heteroatoms. The lowest BCUT2D eigenvalue weighted by molar-refractivity contribution is 0.0998. The van der Waals surface area contributed by atoms with Crippen molar-refractivity contribution in [3.63, 3.8) is 0 Å². The number of fused-ring (bicyclic) bond motifs is 2. The third kappa shape index (κ3) is 0.877. The summed E-state index contributed by atoms with van der Waals surface area (Å²) in [5, 5.41) is 8.17. The van der Waals surface area contributed by atoms with E-state index in [1.54, 1.807) is 0 Å². The first-order valence-corrected chi connectivity index (χ1v) is 4.20. The number of rotatable bonds is 0. The number of aromatic nitrogens is 1. The Labute approximate surface area is 79.3 Å². The first kappa shape index (κ1) is 7.32. The molecule has 2 heterocycles. The van der Waals surface area contributed by atoms with Crippen molar-refractivity contribution in [3.8, 4) is 0 Å². The summed E-state index contributed by atoms with van der Waals surface area (Å²) in [5.41, 5.74) is 1.71. The summed E-state index contributed by atoms with van der Waals surface area (Å²) in [5.74, 6) is -0.356. The van der Waals surface area contributed by atoms with Gasteiger partial charge in [0.05, 0.1) is 5.52 Å². The molecule has 14 heavy (non-hydrogen) atoms. The van der Waals surface area contributed by atoms with Crippen molar-refractivity contribution >= 4 is 22.5 Å². The molecule has 0 bridgehead atoms. The van der Waals surface area contributed by atoms with Crippen LogP contribution in [0.15, 0.2) is 40.6 Å². The van der Waals surface area contributed by atoms with Gasteiger partial charge in [-0.2, -0.15) is 0 Å². The fourth-order valence-corrected chi connectivity index (χ4v) is 1.49. The standard InChI is InChI=1S/C10H5N3O/c14-10-9-8(12-13-10)5-6-3-1-2-4-7(6)11-9/h1-5H. The summed E-state index contributed by atoms with van der Waals surface area (Å²) < 4.78 is 0. The van der Waals surface area contributed by atoms with Gasteiger partial charge in [-0.1, -0.05) is 18.2 Å². The third-order valence-electron chi connectivity index (χ3n) is 2.15. The maximum absolute atomic E-state index is 11.2. The summed E-state index contributed by atoms with van der Waals surface area (Å²) in [6, 6.07) is 9.42. The van der Waals surface area contributed by atoms with Gasteiger partial charge in [-0.3, -0.25) is 4.79 Å². The molecule has 1 aliphatic rings. The molecule has 0 saturated heterocycles. The molecule has 0 fully saturated rings. The predicted molar refractivity (Wildman–Crippen MR) is 50.6 cm³/mol. The maximum Gasteiger partial charge on any atom is 0.316 e. The predicted octanol–water partition coefficient (Wildman–Crippen LogP) is 2.47. The number of amides is 1. The second-order valence-corrected chi connectivity index (χ2v) is 3.05. The number of benzene rings is 1. The van der Waals surface area contributed by atoms with Gasteiger partial charge in [0, 0.05) is 5.39 Å². The van der Waals surface area contributed by atoms with Gasteiger partial charge >= 0.3 is 5.91 Å². The number of hydrogen-bond donors (Lipinski definition) is 0. The van der Waals surface area contributed by atoms with Crippen molar-refractivity contribution in [2.45, 2.75) is 0 Å². The number of azo groups is 1. The molecule has 4 nitrogen and oxygen atoms in total. The van der Waals surface area contributed by atoms with Gasteiger partial charge < -0.3 is 0 Å². The van der Waals surface area contributed by atoms with E-state index >= 15 is 0 Å². The Kier molecular flexibility index (Phi) is 1.28. The van der Waals surface area contributed by atoms with Crippen LogP contribution in [0.5, 0.6) is 0 Å². The molecular weight excluding hydrogens is 178 g/mol. The van der Waals surface area contributed by atoms with E-state index in [4.69, 9.17) is 0 Å². The molecule has 1 aromatic carbocycles. The normalized spacial score (nSPS) is 13.6. The molecule has 0 radical (unpaired) electrons. The van der Waals surface area contributed by atoms with Crippen LogP contribution >= 0.6 is 0 Å². The zero-order valence-corrected chi connectivity index (χ0v) is 7.14. The molecular formula is C10H5N3O. The van der Waals surface area contributed by atoms with Crippen LogP contribution in [0.3, 0.4) is 0 Å². The number of hydrogen-bond acceptors (Lipinski definition) is 3. The smallest absolute Gasteiger partial charge is 0.263 e. The molecule has 2 aromatic rings. The molecule has 66 valence electrons. The van der Waals surface area contributed by atoms with Crippen molar-refractivity contribution in [1.82, 2.24) is 4.98 Å². The van der Waals surface area contributed by atoms with Gasteiger partial charge in [-0.15, -0.1) is 10.2 Å². The quantitative estimate of drug-likeness (QED) is 0.629. The molecule has 1 aromatic heterocycles. The Morgan fingerprint density at radius 2 is 1.93 bits per heavy atom. The van der Waals surface area contributed by atoms with E-state index in [-0.39, 0.29) is 5.91 Å². The Balaban J connectivity index is 2.42. The van der Waals surface area contributed by atoms with Gasteiger partial charge in [-0.05, 0) is 12.1 Å². The van der Waals surface area contributed by atoms with E-state index in [0.29, 0.717) is 11.4 Å². The van der Waals surface area contributed by atoms with Crippen LogP contribution in [0.2, 0.25) is 0 Å². The zero-order valence-electron chi connectivity index (χ0n) is 7.14. The zero-order chi connectivity index (χ0) is 9.54. The van der Waals surface area contributed by atoms with Crippen molar-refractivity contribution in [1.29, 1.82) is 0 Å². The van der Waals surface area contributed by atoms with Gasteiger partial charge in [0.2, 0.25) is 0 Å². The summed E-state index contributed by atoms with van der Waals surface area (Å²) >= 11 is 0. The molecule has 1 amide bonds. The van der Waals surface area contributed by atoms with Crippen LogP contribution in [-0.4, -0.2) is 10.9 Å². The third-order valence-corrected chi connectivity index (χ3v) is 2.15. The lowest BCUT2D eigenvalue weighted by Gasteiger charge is -1.97. The summed E-state index contributed by atoms with van der Waals surface area (Å²) in [6.45, 7) is 0. The minimum atomic E-state index is -0.356. The molecule has 1 aliphatic heterocycles. The van der Waals surface area contributed by atoms with Crippen LogP contribution in [0.25, 0.3) is 10.9 Å². The lowest BCUT2D eigenvalue weighted by Crippen LogP contribution is -1.93. The molecule has 0 atom stereocenters. The number of pyridine rings is 1. The van der Waals surface area contributed by atoms with E-state index in [9.17, 15) is 4.79 Å². The van der Waals surface area contributed by atoms with Crippen molar-refractivity contribution in [2.24, 2.45) is 10.2 Å². The molecule has 0 aliphatic carbocycles. The highest BCUT2D eigenvalue weighted by Crippen LogP contribution is 2.28. The Bertz CT molecular complexity index is 575. The highest BCUT2D eigenvalue weighted by molar-refractivity contribution is 6.02. The average molecular weight is 183 g/mol. The first-order chi connectivity index (χ1) is 6.84. The van der Waals surface area contributed by atoms with Crippen molar-refractivity contribution < 1.29 is 4.79 Å². The monoisotopic (exact) mass is 183 g/mol. The molecule has 0 spiro atoms. The topological polar surface area (TPSA) is 54.7 Å². The largest absolute Gasteiger partial charge is 0.316 e. The minimum absolute atomic E-state index is 0.351. The molecule has 0 N–H and O–H groups in total. The molecule has 0 unspecified atom stereocenters. The second kappa shape index (κ2) is 2.45. The number of carbonyl (C=O) groups is 1. The first-order valence-electron chi connectivity index (χ1n) is 4.20. The Hall–Kier alpha value is -2.10. The summed E-state index contributed by atoms with van der Waals surface area (Å²) in [7, 11) is 0. The van der Waals surface area contributed by atoms with E-state index < -0.39 is 0 Å². The Morgan fingerprint density at radius 1 is 1.07 bits per heavy atom. The van der Waals surface area contributed by atoms with Crippen LogP contribution in [0, 0.1) is 0 Å². The maximum atomic E-state index is 11.2. The average Bonchev–Trinajstić information content (AvgIpc) is 2.57. The van der Waals surface area contributed by atoms with Gasteiger partial charge in [-0.25, -0.2) is 4.98 Å². The fraction of sp³-hybridized carbons (Fsp3) is 0. The highest BCUT2D eigenvalue weighted by atomic mass is 16.2. The van der Waals surface area contributed by atoms with Crippen LogP contribution in [-0.2, 0) is 0 Å². The van der Waals surface area contributed by atoms with E-state index in [1.165, 1.54) is 0 Å². The van der Waals surface area contributed by atoms with E-state index in [1.807, 2.05) is 30.3 Å². The van der Waals surface area contributed by atoms with E-state index in [0.717, 1.165) is 10.9 Å². The highest BCUT2D eigenvalue weighted by Gasteiger charge is 2.19. The summed E-state index contributed by atoms with van der Waals surface area (Å²) in [6.07, 6.45) is 0. The van der Waals surface area contributed by atoms with Crippen molar-refractivity contribution in [2.75, 3.05) is 0 Å². The van der Waals surface area contributed by atoms with E-state index in [2.05, 4.69) is 15.2 Å². The Morgan fingerprint density at radius 3 is 2.86 bits per heavy atom. The van der Waals surface area contributed by atoms with Crippen LogP contribution in [0.4, 0.5) is 5.69 Å². The van der Waals surface area contributed by atoms with Gasteiger partial charge in [0.25, 0.3) is 0 Å². The van der Waals surface area contributed by atoms with Gasteiger partial charge in [0.15, 0.2) is 5.69 Å². The van der Waals surface area contributed by atoms with Crippen molar-refractivity contribution in [3.05, 3.63) is 36.0 Å². The SMILES string of the molecule is O=C1N=Nc2cc3ccccc3nc21. The lowest BCUT2D eigenvalue weighted by atomic mass is 10.2. The summed E-state index contributed by atoms with van der Waals surface area (Å²) in [4.78, 5) is 15.4. The van der Waals surface area contributed by atoms with Gasteiger partial charge in [0.1, 0.15) is 5.69 Å². The second-order valence-electron chi connectivity index (χ2n) is 3.05. The van der Waals surface area contributed by atoms with Crippen LogP contribution < -0.4 is 0 Å². The van der Waals surface area contributed by atoms with Crippen LogP contribution in [0.1, 0.15) is 10.5 Å². The molecule has 0 saturated carbocycles. The number of para-hydroxylation sites is 1. The number of nitrogens with zero attached hydrogens (tertiary/aromatic N) is 3. The molecule has 3 rings (SSSR count). The fourth-order valence-electron chi connectivity index (χ4n) is 1.49. The minimum Gasteiger partial charge on any atom is -0.263 e.